The summed E-state index contributed by atoms with van der Waals surface area (Å²) in [6, 6.07) is 3.80. The molecule has 0 heterocycles. The SMILES string of the molecule is O=C(Oc1ccccc1)[C@](F)(OC(F)(F)[C@](F)(OC(F)(F)C(F)(F)C(F)(F)F)C(F)(F)F)C(F)(F)F. The quantitative estimate of drug-likeness (QED) is 0.204. The highest BCUT2D eigenvalue weighted by atomic mass is 19.4. The monoisotopic (exact) mass is 572 g/mol. The summed E-state index contributed by atoms with van der Waals surface area (Å²) in [4.78, 5) is 11.5. The lowest BCUT2D eigenvalue weighted by Gasteiger charge is -2.39. The third kappa shape index (κ3) is 5.54. The minimum absolute atomic E-state index is 0.519. The van der Waals surface area contributed by atoms with Gasteiger partial charge in [0, 0.05) is 0 Å². The van der Waals surface area contributed by atoms with Crippen LogP contribution < -0.4 is 4.74 Å². The number of hydrogen-bond acceptors (Lipinski definition) is 4. The van der Waals surface area contributed by atoms with Crippen molar-refractivity contribution >= 4 is 5.97 Å². The van der Waals surface area contributed by atoms with Crippen LogP contribution in [0.25, 0.3) is 0 Å². The minimum atomic E-state index is -8.08. The van der Waals surface area contributed by atoms with Gasteiger partial charge in [0.15, 0.2) is 0 Å². The molecule has 2 atom stereocenters. The van der Waals surface area contributed by atoms with E-state index in [1.165, 1.54) is 4.74 Å². The topological polar surface area (TPSA) is 44.8 Å². The van der Waals surface area contributed by atoms with Gasteiger partial charge in [-0.05, 0) is 12.1 Å². The number of carbonyl (C=O) groups is 1. The van der Waals surface area contributed by atoms with Gasteiger partial charge in [0.25, 0.3) is 0 Å². The van der Waals surface area contributed by atoms with E-state index in [0.29, 0.717) is 12.1 Å². The fourth-order valence-corrected chi connectivity index (χ4v) is 1.81. The van der Waals surface area contributed by atoms with Crippen molar-refractivity contribution in [3.63, 3.8) is 0 Å². The van der Waals surface area contributed by atoms with Gasteiger partial charge in [-0.15, -0.1) is 0 Å². The van der Waals surface area contributed by atoms with Crippen LogP contribution in [0.15, 0.2) is 30.3 Å². The summed E-state index contributed by atoms with van der Waals surface area (Å²) >= 11 is 0. The van der Waals surface area contributed by atoms with Crippen LogP contribution in [-0.4, -0.2) is 54.3 Å². The molecule has 0 aliphatic rings. The number of esters is 1. The number of benzene rings is 1. The molecule has 1 aromatic carbocycles. The standard InChI is InChI=1S/C15H5F17O4/c16-8(11(20,21)22,7(33)34-6-4-2-1-3-5-6)35-15(31,32)10(19,13(26,27)28)36-14(29,30)9(17,18)12(23,24)25/h1-5H/t8-,10+/m0/s1. The Balaban J connectivity index is 3.61. The van der Waals surface area contributed by atoms with Gasteiger partial charge in [-0.2, -0.15) is 74.6 Å². The van der Waals surface area contributed by atoms with E-state index in [0.717, 1.165) is 18.2 Å². The Morgan fingerprint density at radius 2 is 1.00 bits per heavy atom. The number of para-hydroxylation sites is 1. The number of alkyl halides is 17. The molecule has 208 valence electrons. The predicted molar refractivity (Wildman–Crippen MR) is 74.9 cm³/mol. The Labute approximate surface area is 185 Å². The van der Waals surface area contributed by atoms with E-state index in [2.05, 4.69) is 4.74 Å². The molecule has 4 nitrogen and oxygen atoms in total. The zero-order valence-corrected chi connectivity index (χ0v) is 15.9. The lowest BCUT2D eigenvalue weighted by atomic mass is 10.2. The van der Waals surface area contributed by atoms with Crippen LogP contribution in [0.5, 0.6) is 5.75 Å². The van der Waals surface area contributed by atoms with Gasteiger partial charge in [-0.25, -0.2) is 4.79 Å². The highest BCUT2D eigenvalue weighted by molar-refractivity contribution is 5.81. The fourth-order valence-electron chi connectivity index (χ4n) is 1.81. The average Bonchev–Trinajstić information content (AvgIpc) is 2.65. The first kappa shape index (κ1) is 31.4. The largest absolute Gasteiger partial charge is 0.462 e. The maximum atomic E-state index is 14.2. The lowest BCUT2D eigenvalue weighted by molar-refractivity contribution is -0.548. The Morgan fingerprint density at radius 1 is 0.556 bits per heavy atom. The van der Waals surface area contributed by atoms with Gasteiger partial charge in [0.05, 0.1) is 0 Å². The normalized spacial score (nSPS) is 17.8. The van der Waals surface area contributed by atoms with Gasteiger partial charge < -0.3 is 4.74 Å². The smallest absolute Gasteiger partial charge is 0.422 e. The molecule has 0 aliphatic carbocycles. The van der Waals surface area contributed by atoms with Crippen molar-refractivity contribution in [2.45, 2.75) is 48.4 Å². The molecule has 1 rings (SSSR count). The maximum Gasteiger partial charge on any atom is 0.462 e. The minimum Gasteiger partial charge on any atom is -0.422 e. The zero-order chi connectivity index (χ0) is 28.8. The number of hydrogen-bond donors (Lipinski definition) is 0. The summed E-state index contributed by atoms with van der Waals surface area (Å²) in [6.45, 7) is 0. The molecule has 0 bridgehead atoms. The van der Waals surface area contributed by atoms with Crippen LogP contribution in [0.4, 0.5) is 74.6 Å². The summed E-state index contributed by atoms with van der Waals surface area (Å²) in [5, 5.41) is 0. The van der Waals surface area contributed by atoms with Crippen LogP contribution in [0.3, 0.4) is 0 Å². The maximum absolute atomic E-state index is 14.2. The highest BCUT2D eigenvalue weighted by Crippen LogP contribution is 2.56. The summed E-state index contributed by atoms with van der Waals surface area (Å²) in [5.41, 5.74) is 0. The van der Waals surface area contributed by atoms with Gasteiger partial charge in [-0.1, -0.05) is 18.2 Å². The van der Waals surface area contributed by atoms with Crippen molar-refractivity contribution in [2.24, 2.45) is 0 Å². The number of ether oxygens (including phenoxy) is 3. The lowest BCUT2D eigenvalue weighted by Crippen LogP contribution is -2.68. The van der Waals surface area contributed by atoms with Crippen molar-refractivity contribution in [1.82, 2.24) is 0 Å². The number of rotatable bonds is 8. The van der Waals surface area contributed by atoms with Gasteiger partial charge in [-0.3, -0.25) is 9.47 Å². The molecule has 0 saturated carbocycles. The van der Waals surface area contributed by atoms with Crippen LogP contribution >= 0.6 is 0 Å². The van der Waals surface area contributed by atoms with E-state index >= 15 is 0 Å². The molecule has 0 unspecified atom stereocenters. The van der Waals surface area contributed by atoms with Crippen LogP contribution in [0.2, 0.25) is 0 Å². The van der Waals surface area contributed by atoms with Crippen molar-refractivity contribution in [1.29, 1.82) is 0 Å². The molecule has 0 spiro atoms. The Kier molecular flexibility index (Phi) is 7.92. The molecule has 0 amide bonds. The molecule has 0 fully saturated rings. The molecular weight excluding hydrogens is 567 g/mol. The van der Waals surface area contributed by atoms with Crippen LogP contribution in [0.1, 0.15) is 0 Å². The van der Waals surface area contributed by atoms with Crippen molar-refractivity contribution < 1.29 is 93.6 Å². The molecule has 0 saturated heterocycles. The van der Waals surface area contributed by atoms with Gasteiger partial charge in [0.2, 0.25) is 0 Å². The van der Waals surface area contributed by atoms with E-state index in [4.69, 9.17) is 0 Å². The van der Waals surface area contributed by atoms with Crippen LogP contribution in [0, 0.1) is 0 Å². The zero-order valence-electron chi connectivity index (χ0n) is 15.9. The molecule has 0 aliphatic heterocycles. The first-order valence-electron chi connectivity index (χ1n) is 8.05. The molecule has 0 N–H and O–H groups in total. The third-order valence-electron chi connectivity index (χ3n) is 3.58. The van der Waals surface area contributed by atoms with Crippen molar-refractivity contribution in [3.05, 3.63) is 30.3 Å². The molecule has 36 heavy (non-hydrogen) atoms. The van der Waals surface area contributed by atoms with E-state index in [1.807, 2.05) is 4.74 Å². The van der Waals surface area contributed by atoms with Crippen molar-refractivity contribution in [3.8, 4) is 5.75 Å². The first-order chi connectivity index (χ1) is 15.7. The number of halogens is 17. The summed E-state index contributed by atoms with van der Waals surface area (Å²) in [5.74, 6) is -27.7. The fraction of sp³-hybridized carbons (Fsp3) is 0.533. The molecule has 0 aromatic heterocycles. The molecule has 1 aromatic rings. The molecule has 21 heteroatoms. The second kappa shape index (κ2) is 9.06. The van der Waals surface area contributed by atoms with E-state index < -0.39 is 60.1 Å². The van der Waals surface area contributed by atoms with Crippen LogP contribution in [-0.2, 0) is 14.3 Å². The van der Waals surface area contributed by atoms with Gasteiger partial charge in [0.1, 0.15) is 5.75 Å². The number of carbonyl (C=O) groups excluding carboxylic acids is 1. The van der Waals surface area contributed by atoms with Gasteiger partial charge >= 0.3 is 54.3 Å². The highest BCUT2D eigenvalue weighted by Gasteiger charge is 2.85. The van der Waals surface area contributed by atoms with Crippen molar-refractivity contribution in [2.75, 3.05) is 0 Å². The summed E-state index contributed by atoms with van der Waals surface area (Å²) in [7, 11) is 0. The Bertz CT molecular complexity index is 923. The van der Waals surface area contributed by atoms with E-state index in [1.54, 1.807) is 0 Å². The third-order valence-corrected chi connectivity index (χ3v) is 3.58. The Morgan fingerprint density at radius 3 is 1.36 bits per heavy atom. The average molecular weight is 572 g/mol. The molecular formula is C15H5F17O4. The van der Waals surface area contributed by atoms with E-state index in [9.17, 15) is 79.4 Å². The predicted octanol–water partition coefficient (Wildman–Crippen LogP) is 6.46. The second-order valence-corrected chi connectivity index (χ2v) is 6.20. The second-order valence-electron chi connectivity index (χ2n) is 6.20. The van der Waals surface area contributed by atoms with E-state index in [-0.39, 0.29) is 0 Å². The summed E-state index contributed by atoms with van der Waals surface area (Å²) < 4.78 is 228. The summed E-state index contributed by atoms with van der Waals surface area (Å²) in [6.07, 6.45) is -38.7. The Hall–Kier alpha value is -2.58. The molecule has 0 radical (unpaired) electrons. The first-order valence-corrected chi connectivity index (χ1v) is 8.05.